The van der Waals surface area contributed by atoms with E-state index in [2.05, 4.69) is 56.7 Å². The number of esters is 1. The summed E-state index contributed by atoms with van der Waals surface area (Å²) >= 11 is 13.6. The lowest BCUT2D eigenvalue weighted by Gasteiger charge is -2.36. The predicted molar refractivity (Wildman–Crippen MR) is 155 cm³/mol. The molecule has 0 aliphatic rings. The number of aromatic nitrogens is 3. The number of rotatable bonds is 9. The third-order valence-electron chi connectivity index (χ3n) is 5.58. The van der Waals surface area contributed by atoms with E-state index in [0.717, 1.165) is 16.7 Å². The van der Waals surface area contributed by atoms with Crippen LogP contribution in [0.1, 0.15) is 37.5 Å². The van der Waals surface area contributed by atoms with Gasteiger partial charge in [0.25, 0.3) is 0 Å². The molecule has 0 bridgehead atoms. The lowest BCUT2D eigenvalue weighted by Crippen LogP contribution is -2.40. The van der Waals surface area contributed by atoms with E-state index < -0.39 is 22.4 Å². The molecule has 1 aromatic heterocycles. The van der Waals surface area contributed by atoms with Crippen LogP contribution in [-0.2, 0) is 14.3 Å². The van der Waals surface area contributed by atoms with E-state index in [-0.39, 0.29) is 16.5 Å². The first-order valence-electron chi connectivity index (χ1n) is 12.0. The topological polar surface area (TPSA) is 77.0 Å². The van der Waals surface area contributed by atoms with Gasteiger partial charge in [0.05, 0.1) is 4.75 Å². The quantitative estimate of drug-likeness (QED) is 0.172. The molecule has 4 aromatic rings. The third kappa shape index (κ3) is 6.84. The molecule has 0 saturated carbocycles. The Balaban J connectivity index is 1.79. The highest BCUT2D eigenvalue weighted by Crippen LogP contribution is 2.48. The summed E-state index contributed by atoms with van der Waals surface area (Å²) in [6, 6.07) is 29.9. The van der Waals surface area contributed by atoms with Gasteiger partial charge in [0, 0.05) is 5.75 Å². The zero-order valence-electron chi connectivity index (χ0n) is 21.3. The van der Waals surface area contributed by atoms with Crippen molar-refractivity contribution < 1.29 is 9.53 Å². The van der Waals surface area contributed by atoms with E-state index in [1.54, 1.807) is 11.8 Å². The molecule has 1 atom stereocenters. The van der Waals surface area contributed by atoms with Crippen LogP contribution in [0.4, 0.5) is 5.95 Å². The molecule has 4 rings (SSSR count). The maximum atomic E-state index is 13.4. The number of nitrogens with one attached hydrogen (secondary N) is 1. The standard InChI is InChI=1S/C29H28Cl2N4O2S/c1-28(2,3)37-24(36)23(32-27-34-25(30)33-26(31)35-27)19-38-29(20-13-7-4-8-14-20,21-15-9-5-10-16-21)22-17-11-6-12-18-22/h4-18,23H,19H2,1-3H3,(H,32,33,34,35). The van der Waals surface area contributed by atoms with Crippen molar-refractivity contribution in [3.63, 3.8) is 0 Å². The van der Waals surface area contributed by atoms with E-state index in [0.29, 0.717) is 5.75 Å². The first-order chi connectivity index (χ1) is 18.2. The van der Waals surface area contributed by atoms with Crippen LogP contribution >= 0.6 is 35.0 Å². The van der Waals surface area contributed by atoms with Crippen LogP contribution in [0.5, 0.6) is 0 Å². The van der Waals surface area contributed by atoms with Crippen molar-refractivity contribution in [2.75, 3.05) is 11.1 Å². The maximum absolute atomic E-state index is 13.4. The van der Waals surface area contributed by atoms with Gasteiger partial charge in [0.2, 0.25) is 16.5 Å². The monoisotopic (exact) mass is 566 g/mol. The van der Waals surface area contributed by atoms with Gasteiger partial charge in [-0.1, -0.05) is 91.0 Å². The summed E-state index contributed by atoms with van der Waals surface area (Å²) in [7, 11) is 0. The smallest absolute Gasteiger partial charge is 0.330 e. The van der Waals surface area contributed by atoms with Crippen LogP contribution < -0.4 is 5.32 Å². The molecule has 0 aliphatic carbocycles. The van der Waals surface area contributed by atoms with Crippen molar-refractivity contribution in [1.29, 1.82) is 0 Å². The Bertz CT molecular complexity index is 1240. The minimum atomic E-state index is -0.815. The lowest BCUT2D eigenvalue weighted by molar-refractivity contribution is -0.155. The van der Waals surface area contributed by atoms with Gasteiger partial charge < -0.3 is 10.1 Å². The maximum Gasteiger partial charge on any atom is 0.330 e. The van der Waals surface area contributed by atoms with Crippen molar-refractivity contribution in [3.8, 4) is 0 Å². The number of ether oxygens (including phenoxy) is 1. The first kappa shape index (κ1) is 27.9. The van der Waals surface area contributed by atoms with Crippen molar-refractivity contribution in [2.45, 2.75) is 37.2 Å². The second kappa shape index (κ2) is 12.2. The molecule has 0 fully saturated rings. The number of hydrogen-bond acceptors (Lipinski definition) is 7. The Labute approximate surface area is 237 Å². The largest absolute Gasteiger partial charge is 0.458 e. The van der Waals surface area contributed by atoms with E-state index >= 15 is 0 Å². The number of carbonyl (C=O) groups excluding carboxylic acids is 1. The fourth-order valence-corrected chi connectivity index (χ4v) is 5.97. The highest BCUT2D eigenvalue weighted by Gasteiger charge is 2.39. The molecule has 1 N–H and O–H groups in total. The van der Waals surface area contributed by atoms with Crippen LogP contribution in [0.3, 0.4) is 0 Å². The minimum absolute atomic E-state index is 0.0738. The van der Waals surface area contributed by atoms with Crippen molar-refractivity contribution in [2.24, 2.45) is 0 Å². The number of halogens is 2. The molecule has 1 unspecified atom stereocenters. The SMILES string of the molecule is CC(C)(C)OC(=O)C(CSC(c1ccccc1)(c1ccccc1)c1ccccc1)Nc1nc(Cl)nc(Cl)n1. The molecule has 0 spiro atoms. The van der Waals surface area contributed by atoms with Gasteiger partial charge in [-0.3, -0.25) is 0 Å². The molecule has 9 heteroatoms. The van der Waals surface area contributed by atoms with Crippen molar-refractivity contribution in [3.05, 3.63) is 118 Å². The number of carbonyl (C=O) groups is 1. The number of nitrogens with zero attached hydrogens (tertiary/aromatic N) is 3. The Morgan fingerprint density at radius 3 is 1.61 bits per heavy atom. The van der Waals surface area contributed by atoms with E-state index in [9.17, 15) is 4.79 Å². The number of hydrogen-bond donors (Lipinski definition) is 1. The summed E-state index contributed by atoms with van der Waals surface area (Å²) in [5, 5.41) is 2.94. The van der Waals surface area contributed by atoms with Gasteiger partial charge in [0.1, 0.15) is 11.6 Å². The highest BCUT2D eigenvalue weighted by atomic mass is 35.5. The molecule has 6 nitrogen and oxygen atoms in total. The zero-order valence-corrected chi connectivity index (χ0v) is 23.6. The van der Waals surface area contributed by atoms with Gasteiger partial charge >= 0.3 is 5.97 Å². The molecule has 1 heterocycles. The van der Waals surface area contributed by atoms with Crippen LogP contribution in [0.15, 0.2) is 91.0 Å². The van der Waals surface area contributed by atoms with E-state index in [1.165, 1.54) is 0 Å². The summed E-state index contributed by atoms with van der Waals surface area (Å²) in [5.41, 5.74) is 2.55. The Morgan fingerprint density at radius 2 is 1.21 bits per heavy atom. The van der Waals surface area contributed by atoms with Gasteiger partial charge in [-0.2, -0.15) is 15.0 Å². The van der Waals surface area contributed by atoms with E-state index in [1.807, 2.05) is 75.4 Å². The molecule has 0 amide bonds. The third-order valence-corrected chi connectivity index (χ3v) is 7.56. The average molecular weight is 568 g/mol. The van der Waals surface area contributed by atoms with E-state index in [4.69, 9.17) is 27.9 Å². The molecule has 0 aliphatic heterocycles. The first-order valence-corrected chi connectivity index (χ1v) is 13.8. The normalized spacial score (nSPS) is 12.6. The van der Waals surface area contributed by atoms with Crippen molar-refractivity contribution in [1.82, 2.24) is 15.0 Å². The van der Waals surface area contributed by atoms with Crippen LogP contribution in [0.25, 0.3) is 0 Å². The Morgan fingerprint density at radius 1 is 0.789 bits per heavy atom. The molecule has 38 heavy (non-hydrogen) atoms. The summed E-state index contributed by atoms with van der Waals surface area (Å²) in [6.45, 7) is 5.48. The zero-order chi connectivity index (χ0) is 27.2. The number of thioether (sulfide) groups is 1. The second-order valence-electron chi connectivity index (χ2n) is 9.52. The number of benzene rings is 3. The van der Waals surface area contributed by atoms with Gasteiger partial charge in [-0.15, -0.1) is 11.8 Å². The second-order valence-corrected chi connectivity index (χ2v) is 11.4. The molecule has 0 saturated heterocycles. The van der Waals surface area contributed by atoms with Gasteiger partial charge in [0.15, 0.2) is 0 Å². The number of anilines is 1. The molecule has 0 radical (unpaired) electrons. The van der Waals surface area contributed by atoms with Gasteiger partial charge in [-0.25, -0.2) is 4.79 Å². The average Bonchev–Trinajstić information content (AvgIpc) is 2.89. The Hall–Kier alpha value is -3.13. The molecule has 3 aromatic carbocycles. The van der Waals surface area contributed by atoms with Crippen LogP contribution in [0.2, 0.25) is 10.6 Å². The van der Waals surface area contributed by atoms with Crippen molar-refractivity contribution >= 4 is 46.9 Å². The fraction of sp³-hybridized carbons (Fsp3) is 0.241. The Kier molecular flexibility index (Phi) is 8.92. The van der Waals surface area contributed by atoms with Gasteiger partial charge in [-0.05, 0) is 60.7 Å². The summed E-state index contributed by atoms with van der Waals surface area (Å²) < 4.78 is 5.14. The molecular weight excluding hydrogens is 539 g/mol. The van der Waals surface area contributed by atoms with Crippen LogP contribution in [0, 0.1) is 0 Å². The summed E-state index contributed by atoms with van der Waals surface area (Å²) in [4.78, 5) is 25.4. The molecular formula is C29H28Cl2N4O2S. The minimum Gasteiger partial charge on any atom is -0.458 e. The predicted octanol–water partition coefficient (Wildman–Crippen LogP) is 7.03. The van der Waals surface area contributed by atoms with Crippen LogP contribution in [-0.4, -0.2) is 38.3 Å². The highest BCUT2D eigenvalue weighted by molar-refractivity contribution is 8.00. The fourth-order valence-electron chi connectivity index (χ4n) is 4.06. The summed E-state index contributed by atoms with van der Waals surface area (Å²) in [5.74, 6) is -0.0361. The lowest BCUT2D eigenvalue weighted by atomic mass is 9.84. The molecule has 196 valence electrons. The summed E-state index contributed by atoms with van der Waals surface area (Å²) in [6.07, 6.45) is 0.